The van der Waals surface area contributed by atoms with Crippen LogP contribution in [0, 0.1) is 6.92 Å². The molecule has 5 heteroatoms. The summed E-state index contributed by atoms with van der Waals surface area (Å²) in [5, 5.41) is 10.5. The zero-order valence-electron chi connectivity index (χ0n) is 13.0. The van der Waals surface area contributed by atoms with E-state index in [1.165, 1.54) is 11.1 Å². The van der Waals surface area contributed by atoms with Crippen LogP contribution in [0.25, 0.3) is 0 Å². The molecule has 0 spiro atoms. The van der Waals surface area contributed by atoms with Gasteiger partial charge in [0, 0.05) is 23.8 Å². The van der Waals surface area contributed by atoms with Crippen molar-refractivity contribution >= 4 is 12.4 Å². The lowest BCUT2D eigenvalue weighted by Crippen LogP contribution is -2.18. The lowest BCUT2D eigenvalue weighted by Gasteiger charge is -2.16. The summed E-state index contributed by atoms with van der Waals surface area (Å²) in [5.74, 6) is 0.922. The van der Waals surface area contributed by atoms with Crippen molar-refractivity contribution in [3.05, 3.63) is 47.3 Å². The largest absolute Gasteiger partial charge is 0.491 e. The first-order valence-corrected chi connectivity index (χ1v) is 7.05. The highest BCUT2D eigenvalue weighted by Crippen LogP contribution is 2.20. The van der Waals surface area contributed by atoms with Crippen molar-refractivity contribution in [3.63, 3.8) is 0 Å². The van der Waals surface area contributed by atoms with Gasteiger partial charge in [0.05, 0.1) is 12.3 Å². The van der Waals surface area contributed by atoms with Gasteiger partial charge in [-0.05, 0) is 45.4 Å². The van der Waals surface area contributed by atoms with Crippen LogP contribution >= 0.6 is 12.4 Å². The van der Waals surface area contributed by atoms with Crippen LogP contribution in [0.15, 0.2) is 30.5 Å². The summed E-state index contributed by atoms with van der Waals surface area (Å²) in [7, 11) is 0. The quantitative estimate of drug-likeness (QED) is 0.854. The number of halogens is 1. The molecule has 2 N–H and O–H groups in total. The maximum atomic E-state index is 5.73. The Kier molecular flexibility index (Phi) is 6.72. The van der Waals surface area contributed by atoms with Crippen LogP contribution in [0.5, 0.6) is 5.75 Å². The maximum Gasteiger partial charge on any atom is 0.120 e. The number of aromatic nitrogens is 2. The van der Waals surface area contributed by atoms with Crippen LogP contribution in [-0.4, -0.2) is 16.3 Å². The number of aromatic amines is 1. The van der Waals surface area contributed by atoms with Crippen LogP contribution in [-0.2, 0) is 6.54 Å². The summed E-state index contributed by atoms with van der Waals surface area (Å²) in [5.41, 5.74) is 3.54. The van der Waals surface area contributed by atoms with Crippen molar-refractivity contribution in [2.75, 3.05) is 0 Å². The molecule has 0 aliphatic carbocycles. The molecule has 4 nitrogen and oxygen atoms in total. The number of benzene rings is 1. The summed E-state index contributed by atoms with van der Waals surface area (Å²) in [6.07, 6.45) is 2.06. The molecule has 116 valence electrons. The fourth-order valence-corrected chi connectivity index (χ4v) is 2.06. The topological polar surface area (TPSA) is 49.9 Å². The summed E-state index contributed by atoms with van der Waals surface area (Å²) < 4.78 is 5.73. The molecule has 0 amide bonds. The van der Waals surface area contributed by atoms with Gasteiger partial charge in [0.2, 0.25) is 0 Å². The van der Waals surface area contributed by atoms with Crippen LogP contribution in [0.3, 0.4) is 0 Å². The van der Waals surface area contributed by atoms with E-state index >= 15 is 0 Å². The highest BCUT2D eigenvalue weighted by molar-refractivity contribution is 5.85. The zero-order valence-corrected chi connectivity index (χ0v) is 13.8. The van der Waals surface area contributed by atoms with Gasteiger partial charge in [0.1, 0.15) is 5.75 Å². The first-order chi connectivity index (χ1) is 9.56. The molecule has 0 fully saturated rings. The highest BCUT2D eigenvalue weighted by Gasteiger charge is 2.08. The van der Waals surface area contributed by atoms with Gasteiger partial charge in [-0.25, -0.2) is 0 Å². The Bertz CT molecular complexity index is 554. The number of hydrogen-bond donors (Lipinski definition) is 2. The number of aryl methyl sites for hydroxylation is 1. The Hall–Kier alpha value is -1.52. The number of hydrogen-bond acceptors (Lipinski definition) is 3. The summed E-state index contributed by atoms with van der Waals surface area (Å²) in [6.45, 7) is 9.07. The van der Waals surface area contributed by atoms with E-state index in [1.807, 2.05) is 39.1 Å². The van der Waals surface area contributed by atoms with E-state index in [4.69, 9.17) is 4.74 Å². The van der Waals surface area contributed by atoms with E-state index in [9.17, 15) is 0 Å². The highest BCUT2D eigenvalue weighted by atomic mass is 35.5. The first kappa shape index (κ1) is 17.5. The minimum Gasteiger partial charge on any atom is -0.491 e. The molecule has 0 radical (unpaired) electrons. The molecule has 0 aliphatic rings. The van der Waals surface area contributed by atoms with Crippen molar-refractivity contribution in [2.24, 2.45) is 0 Å². The Morgan fingerprint density at radius 1 is 1.29 bits per heavy atom. The summed E-state index contributed by atoms with van der Waals surface area (Å²) >= 11 is 0. The molecule has 0 aliphatic heterocycles. The molecule has 1 heterocycles. The van der Waals surface area contributed by atoms with Gasteiger partial charge in [-0.15, -0.1) is 12.4 Å². The minimum absolute atomic E-state index is 0. The van der Waals surface area contributed by atoms with Gasteiger partial charge < -0.3 is 10.1 Å². The number of H-pyrrole nitrogens is 1. The third-order valence-electron chi connectivity index (χ3n) is 3.26. The van der Waals surface area contributed by atoms with E-state index in [0.717, 1.165) is 18.0 Å². The van der Waals surface area contributed by atoms with Crippen LogP contribution in [0.2, 0.25) is 0 Å². The Morgan fingerprint density at radius 3 is 2.67 bits per heavy atom. The molecule has 21 heavy (non-hydrogen) atoms. The molecule has 1 atom stereocenters. The average molecular weight is 310 g/mol. The fourth-order valence-electron chi connectivity index (χ4n) is 2.06. The number of rotatable bonds is 6. The second-order valence-electron chi connectivity index (χ2n) is 5.36. The monoisotopic (exact) mass is 309 g/mol. The Morgan fingerprint density at radius 2 is 2.05 bits per heavy atom. The average Bonchev–Trinajstić information content (AvgIpc) is 2.81. The van der Waals surface area contributed by atoms with Crippen molar-refractivity contribution in [3.8, 4) is 5.75 Å². The van der Waals surface area contributed by atoms with Crippen LogP contribution in [0.4, 0.5) is 0 Å². The number of nitrogens with zero attached hydrogens (tertiary/aromatic N) is 1. The van der Waals surface area contributed by atoms with Gasteiger partial charge in [0.15, 0.2) is 0 Å². The van der Waals surface area contributed by atoms with Crippen molar-refractivity contribution in [2.45, 2.75) is 46.4 Å². The van der Waals surface area contributed by atoms with E-state index < -0.39 is 0 Å². The third-order valence-corrected chi connectivity index (χ3v) is 3.26. The van der Waals surface area contributed by atoms with Crippen molar-refractivity contribution in [1.29, 1.82) is 0 Å². The summed E-state index contributed by atoms with van der Waals surface area (Å²) in [4.78, 5) is 0. The molecular weight excluding hydrogens is 286 g/mol. The molecular formula is C16H24ClN3O. The molecule has 0 bridgehead atoms. The van der Waals surface area contributed by atoms with Crippen LogP contribution < -0.4 is 10.1 Å². The molecule has 2 aromatic rings. The van der Waals surface area contributed by atoms with Gasteiger partial charge >= 0.3 is 0 Å². The van der Waals surface area contributed by atoms with Crippen molar-refractivity contribution in [1.82, 2.24) is 15.5 Å². The molecule has 1 unspecified atom stereocenters. The lowest BCUT2D eigenvalue weighted by atomic mass is 10.1. The SMILES string of the molecule is Cc1[nH]ncc1CNC(C)c1cccc(OC(C)C)c1.Cl. The van der Waals surface area contributed by atoms with Gasteiger partial charge in [-0.2, -0.15) is 5.10 Å². The molecule has 1 aromatic heterocycles. The molecule has 2 rings (SSSR count). The van der Waals surface area contributed by atoms with Gasteiger partial charge in [-0.3, -0.25) is 5.10 Å². The van der Waals surface area contributed by atoms with Crippen molar-refractivity contribution < 1.29 is 4.74 Å². The smallest absolute Gasteiger partial charge is 0.120 e. The molecule has 1 aromatic carbocycles. The van der Waals surface area contributed by atoms with E-state index in [2.05, 4.69) is 34.6 Å². The fraction of sp³-hybridized carbons (Fsp3) is 0.438. The molecule has 0 saturated heterocycles. The second-order valence-corrected chi connectivity index (χ2v) is 5.36. The standard InChI is InChI=1S/C16H23N3O.ClH/c1-11(2)20-16-7-5-6-14(8-16)12(3)17-9-15-10-18-19-13(15)4;/h5-8,10-12,17H,9H2,1-4H3,(H,18,19);1H. The number of nitrogens with one attached hydrogen (secondary N) is 2. The van der Waals surface area contributed by atoms with Gasteiger partial charge in [-0.1, -0.05) is 12.1 Å². The molecule has 0 saturated carbocycles. The van der Waals surface area contributed by atoms with E-state index in [0.29, 0.717) is 0 Å². The predicted molar refractivity (Wildman–Crippen MR) is 88.0 cm³/mol. The Balaban J connectivity index is 0.00000220. The Labute approximate surface area is 132 Å². The minimum atomic E-state index is 0. The summed E-state index contributed by atoms with van der Waals surface area (Å²) in [6, 6.07) is 8.51. The van der Waals surface area contributed by atoms with E-state index in [-0.39, 0.29) is 24.6 Å². The van der Waals surface area contributed by atoms with Gasteiger partial charge in [0.25, 0.3) is 0 Å². The van der Waals surface area contributed by atoms with E-state index in [1.54, 1.807) is 0 Å². The first-order valence-electron chi connectivity index (χ1n) is 7.05. The number of ether oxygens (including phenoxy) is 1. The lowest BCUT2D eigenvalue weighted by molar-refractivity contribution is 0.242. The maximum absolute atomic E-state index is 5.73. The zero-order chi connectivity index (χ0) is 14.5. The predicted octanol–water partition coefficient (Wildman–Crippen LogP) is 3.78. The third kappa shape index (κ3) is 5.06. The second kappa shape index (κ2) is 8.05. The normalized spacial score (nSPS) is 12.0. The van der Waals surface area contributed by atoms with Crippen LogP contribution in [0.1, 0.15) is 43.6 Å².